The van der Waals surface area contributed by atoms with Gasteiger partial charge in [0.2, 0.25) is 0 Å². The lowest BCUT2D eigenvalue weighted by Gasteiger charge is -2.37. The summed E-state index contributed by atoms with van der Waals surface area (Å²) in [6.45, 7) is 8.82. The number of carbonyl (C=O) groups is 1. The molecule has 0 spiro atoms. The fraction of sp³-hybridized carbons (Fsp3) is 0.929. The Morgan fingerprint density at radius 3 is 1.82 bits per heavy atom. The van der Waals surface area contributed by atoms with Gasteiger partial charge in [0.25, 0.3) is 0 Å². The van der Waals surface area contributed by atoms with Crippen LogP contribution in [0.1, 0.15) is 53.4 Å². The van der Waals surface area contributed by atoms with Crippen molar-refractivity contribution in [2.75, 3.05) is 0 Å². The second-order valence-electron chi connectivity index (χ2n) is 7.18. The number of carboxylic acid groups (broad SMARTS) is 1. The van der Waals surface area contributed by atoms with Gasteiger partial charge in [-0.1, -0.05) is 27.7 Å². The van der Waals surface area contributed by atoms with Crippen molar-refractivity contribution < 1.29 is 9.90 Å². The van der Waals surface area contributed by atoms with Gasteiger partial charge in [-0.15, -0.1) is 0 Å². The highest BCUT2D eigenvalue weighted by Crippen LogP contribution is 2.76. The first-order valence-electron chi connectivity index (χ1n) is 6.65. The Bertz CT molecular complexity index is 324. The average molecular weight is 239 g/mol. The lowest BCUT2D eigenvalue weighted by atomic mass is 9.67. The van der Waals surface area contributed by atoms with Crippen molar-refractivity contribution >= 4 is 5.97 Å². The molecule has 3 heteroatoms. The van der Waals surface area contributed by atoms with E-state index in [0.717, 1.165) is 25.7 Å². The maximum Gasteiger partial charge on any atom is 0.309 e. The summed E-state index contributed by atoms with van der Waals surface area (Å²) in [6.07, 6.45) is 3.21. The van der Waals surface area contributed by atoms with E-state index < -0.39 is 11.4 Å². The number of hydrogen-bond donors (Lipinski definition) is 2. The topological polar surface area (TPSA) is 63.3 Å². The third-order valence-electron chi connectivity index (χ3n) is 5.92. The van der Waals surface area contributed by atoms with E-state index in [1.54, 1.807) is 0 Å². The van der Waals surface area contributed by atoms with Crippen molar-refractivity contribution in [3.05, 3.63) is 0 Å². The molecular weight excluding hydrogens is 214 g/mol. The number of rotatable bonds is 2. The SMILES string of the molecule is CC1(C)C(C2(C(=O)O)CCC(N)CC2)C1(C)C. The van der Waals surface area contributed by atoms with Crippen LogP contribution in [0, 0.1) is 22.2 Å². The van der Waals surface area contributed by atoms with Crippen molar-refractivity contribution in [3.8, 4) is 0 Å². The number of aliphatic carboxylic acids is 1. The van der Waals surface area contributed by atoms with Gasteiger partial charge in [-0.2, -0.15) is 0 Å². The van der Waals surface area contributed by atoms with Crippen molar-refractivity contribution in [2.24, 2.45) is 27.9 Å². The van der Waals surface area contributed by atoms with E-state index in [0.29, 0.717) is 0 Å². The van der Waals surface area contributed by atoms with Crippen LogP contribution < -0.4 is 5.73 Å². The quantitative estimate of drug-likeness (QED) is 0.778. The van der Waals surface area contributed by atoms with Crippen LogP contribution in [0.25, 0.3) is 0 Å². The van der Waals surface area contributed by atoms with E-state index >= 15 is 0 Å². The van der Waals surface area contributed by atoms with Crippen LogP contribution in [0.15, 0.2) is 0 Å². The molecule has 2 rings (SSSR count). The molecule has 0 aromatic heterocycles. The van der Waals surface area contributed by atoms with Crippen LogP contribution >= 0.6 is 0 Å². The molecule has 0 aromatic carbocycles. The normalized spacial score (nSPS) is 39.9. The van der Waals surface area contributed by atoms with E-state index in [9.17, 15) is 9.90 Å². The predicted molar refractivity (Wildman–Crippen MR) is 67.6 cm³/mol. The first-order chi connectivity index (χ1) is 7.66. The Morgan fingerprint density at radius 2 is 1.53 bits per heavy atom. The molecule has 0 bridgehead atoms. The molecule has 2 aliphatic carbocycles. The first kappa shape index (κ1) is 12.9. The highest BCUT2D eigenvalue weighted by atomic mass is 16.4. The predicted octanol–water partition coefficient (Wildman–Crippen LogP) is 2.64. The molecular formula is C14H25NO2. The second-order valence-corrected chi connectivity index (χ2v) is 7.18. The maximum absolute atomic E-state index is 11.8. The van der Waals surface area contributed by atoms with Gasteiger partial charge in [0.15, 0.2) is 0 Å². The van der Waals surface area contributed by atoms with Crippen LogP contribution in [0.5, 0.6) is 0 Å². The standard InChI is InChI=1S/C14H25NO2/c1-12(2)10(13(12,3)4)14(11(16)17)7-5-9(15)6-8-14/h9-10H,5-8,15H2,1-4H3,(H,16,17). The molecule has 2 saturated carbocycles. The zero-order valence-electron chi connectivity index (χ0n) is 11.4. The third kappa shape index (κ3) is 1.55. The van der Waals surface area contributed by atoms with Crippen LogP contribution in [0.4, 0.5) is 0 Å². The zero-order valence-corrected chi connectivity index (χ0v) is 11.4. The third-order valence-corrected chi connectivity index (χ3v) is 5.92. The van der Waals surface area contributed by atoms with Gasteiger partial charge in [-0.05, 0) is 42.4 Å². The van der Waals surface area contributed by atoms with Gasteiger partial charge in [-0.25, -0.2) is 0 Å². The molecule has 3 nitrogen and oxygen atoms in total. The van der Waals surface area contributed by atoms with Gasteiger partial charge in [0.1, 0.15) is 0 Å². The minimum absolute atomic E-state index is 0.132. The number of carboxylic acids is 1. The second kappa shape index (κ2) is 3.47. The molecule has 0 aromatic rings. The molecule has 2 fully saturated rings. The summed E-state index contributed by atoms with van der Waals surface area (Å²) in [7, 11) is 0. The largest absolute Gasteiger partial charge is 0.481 e. The molecule has 98 valence electrons. The molecule has 0 heterocycles. The van der Waals surface area contributed by atoms with Gasteiger partial charge in [0.05, 0.1) is 5.41 Å². The smallest absolute Gasteiger partial charge is 0.309 e. The molecule has 0 unspecified atom stereocenters. The van der Waals surface area contributed by atoms with Crippen LogP contribution in [0.2, 0.25) is 0 Å². The van der Waals surface area contributed by atoms with Crippen molar-refractivity contribution in [1.29, 1.82) is 0 Å². The van der Waals surface area contributed by atoms with E-state index in [1.165, 1.54) is 0 Å². The lowest BCUT2D eigenvalue weighted by Crippen LogP contribution is -2.42. The molecule has 0 radical (unpaired) electrons. The van der Waals surface area contributed by atoms with E-state index in [1.807, 2.05) is 0 Å². The highest BCUT2D eigenvalue weighted by Gasteiger charge is 2.73. The summed E-state index contributed by atoms with van der Waals surface area (Å²) in [6, 6.07) is 0.201. The highest BCUT2D eigenvalue weighted by molar-refractivity contribution is 5.76. The fourth-order valence-corrected chi connectivity index (χ4v) is 4.36. The zero-order chi connectivity index (χ0) is 13.1. The van der Waals surface area contributed by atoms with E-state index in [4.69, 9.17) is 5.73 Å². The minimum Gasteiger partial charge on any atom is -0.481 e. The first-order valence-corrected chi connectivity index (χ1v) is 6.65. The van der Waals surface area contributed by atoms with Crippen molar-refractivity contribution in [2.45, 2.75) is 59.4 Å². The minimum atomic E-state index is -0.604. The Kier molecular flexibility index (Phi) is 2.63. The van der Waals surface area contributed by atoms with Gasteiger partial charge >= 0.3 is 5.97 Å². The summed E-state index contributed by atoms with van der Waals surface area (Å²) in [4.78, 5) is 11.8. The molecule has 2 aliphatic rings. The maximum atomic E-state index is 11.8. The molecule has 0 saturated heterocycles. The van der Waals surface area contributed by atoms with Gasteiger partial charge in [-0.3, -0.25) is 4.79 Å². The summed E-state index contributed by atoms with van der Waals surface area (Å²) in [5.74, 6) is -0.319. The van der Waals surface area contributed by atoms with E-state index in [2.05, 4.69) is 27.7 Å². The Labute approximate surface area is 104 Å². The summed E-state index contributed by atoms with van der Waals surface area (Å²) >= 11 is 0. The lowest BCUT2D eigenvalue weighted by molar-refractivity contribution is -0.154. The Balaban J connectivity index is 2.29. The van der Waals surface area contributed by atoms with Crippen LogP contribution in [0.3, 0.4) is 0 Å². The summed E-state index contributed by atoms with van der Waals surface area (Å²) < 4.78 is 0. The molecule has 17 heavy (non-hydrogen) atoms. The number of nitrogens with two attached hydrogens (primary N) is 1. The van der Waals surface area contributed by atoms with E-state index in [-0.39, 0.29) is 22.8 Å². The van der Waals surface area contributed by atoms with Crippen LogP contribution in [-0.4, -0.2) is 17.1 Å². The molecule has 0 atom stereocenters. The fourth-order valence-electron chi connectivity index (χ4n) is 4.36. The number of hydrogen-bond acceptors (Lipinski definition) is 2. The molecule has 3 N–H and O–H groups in total. The Morgan fingerprint density at radius 1 is 1.12 bits per heavy atom. The summed E-state index contributed by atoms with van der Waals surface area (Å²) in [5, 5.41) is 9.71. The van der Waals surface area contributed by atoms with Crippen molar-refractivity contribution in [1.82, 2.24) is 0 Å². The average Bonchev–Trinajstić information content (AvgIpc) is 2.60. The van der Waals surface area contributed by atoms with Crippen molar-refractivity contribution in [3.63, 3.8) is 0 Å². The summed E-state index contributed by atoms with van der Waals surface area (Å²) in [5.41, 5.74) is 5.66. The monoisotopic (exact) mass is 239 g/mol. The van der Waals surface area contributed by atoms with Gasteiger partial charge in [0, 0.05) is 6.04 Å². The van der Waals surface area contributed by atoms with Crippen LogP contribution in [-0.2, 0) is 4.79 Å². The molecule has 0 aliphatic heterocycles. The molecule has 0 amide bonds. The Hall–Kier alpha value is -0.570. The van der Waals surface area contributed by atoms with Gasteiger partial charge < -0.3 is 10.8 Å².